The minimum atomic E-state index is 0.660. The van der Waals surface area contributed by atoms with E-state index in [0.29, 0.717) is 6.54 Å². The van der Waals surface area contributed by atoms with Crippen molar-refractivity contribution in [1.29, 1.82) is 0 Å². The minimum absolute atomic E-state index is 0.660. The molecule has 1 aliphatic heterocycles. The van der Waals surface area contributed by atoms with Crippen LogP contribution >= 0.6 is 0 Å². The molecule has 2 N–H and O–H groups in total. The maximum absolute atomic E-state index is 5.71. The van der Waals surface area contributed by atoms with Gasteiger partial charge < -0.3 is 10.6 Å². The smallest absolute Gasteiger partial charge is 0.0396 e. The van der Waals surface area contributed by atoms with Crippen LogP contribution in [0.15, 0.2) is 23.8 Å². The number of nitrogens with zero attached hydrogens (tertiary/aromatic N) is 1. The molecular formula is C15H22N2. The van der Waals surface area contributed by atoms with Crippen LogP contribution in [0.5, 0.6) is 0 Å². The zero-order valence-corrected chi connectivity index (χ0v) is 10.9. The number of hydrogen-bond acceptors (Lipinski definition) is 2. The average Bonchev–Trinajstić information content (AvgIpc) is 2.36. The highest BCUT2D eigenvalue weighted by atomic mass is 15.1. The standard InChI is InChI=1S/C15H22N2/c1-3-12(11-16)9-13-6-7-15-14(10-13)5-4-8-17(15)2/h6-7,9-10H,3-5,8,11,16H2,1-2H3. The topological polar surface area (TPSA) is 29.3 Å². The van der Waals surface area contributed by atoms with Gasteiger partial charge in [0.05, 0.1) is 0 Å². The van der Waals surface area contributed by atoms with E-state index in [4.69, 9.17) is 5.73 Å². The third-order valence-electron chi connectivity index (χ3n) is 3.54. The molecule has 0 spiro atoms. The van der Waals surface area contributed by atoms with E-state index in [-0.39, 0.29) is 0 Å². The SMILES string of the molecule is CCC(=Cc1ccc2c(c1)CCCN2C)CN. The molecule has 0 fully saturated rings. The molecule has 1 aliphatic rings. The molecule has 1 aromatic carbocycles. The molecule has 0 saturated carbocycles. The first-order valence-electron chi connectivity index (χ1n) is 6.48. The Morgan fingerprint density at radius 3 is 3.00 bits per heavy atom. The van der Waals surface area contributed by atoms with E-state index >= 15 is 0 Å². The highest BCUT2D eigenvalue weighted by molar-refractivity contribution is 5.63. The highest BCUT2D eigenvalue weighted by Crippen LogP contribution is 2.27. The Hall–Kier alpha value is -1.28. The number of aryl methyl sites for hydroxylation is 1. The Balaban J connectivity index is 2.30. The molecular weight excluding hydrogens is 208 g/mol. The maximum Gasteiger partial charge on any atom is 0.0396 e. The second-order valence-corrected chi connectivity index (χ2v) is 4.77. The zero-order chi connectivity index (χ0) is 12.3. The van der Waals surface area contributed by atoms with Gasteiger partial charge >= 0.3 is 0 Å². The third kappa shape index (κ3) is 2.70. The fourth-order valence-electron chi connectivity index (χ4n) is 2.44. The molecule has 1 heterocycles. The molecule has 1 aromatic rings. The van der Waals surface area contributed by atoms with E-state index in [2.05, 4.69) is 43.1 Å². The lowest BCUT2D eigenvalue weighted by Gasteiger charge is -2.27. The van der Waals surface area contributed by atoms with Gasteiger partial charge in [-0.1, -0.05) is 24.6 Å². The lowest BCUT2D eigenvalue weighted by Crippen LogP contribution is -2.24. The van der Waals surface area contributed by atoms with Gasteiger partial charge in [0.2, 0.25) is 0 Å². The van der Waals surface area contributed by atoms with Crippen LogP contribution in [0, 0.1) is 0 Å². The highest BCUT2D eigenvalue weighted by Gasteiger charge is 2.13. The molecule has 2 rings (SSSR count). The molecule has 92 valence electrons. The second kappa shape index (κ2) is 5.37. The second-order valence-electron chi connectivity index (χ2n) is 4.77. The Morgan fingerprint density at radius 1 is 1.47 bits per heavy atom. The van der Waals surface area contributed by atoms with Gasteiger partial charge in [-0.3, -0.25) is 0 Å². The van der Waals surface area contributed by atoms with Crippen LogP contribution in [-0.4, -0.2) is 20.1 Å². The van der Waals surface area contributed by atoms with Crippen molar-refractivity contribution in [3.8, 4) is 0 Å². The van der Waals surface area contributed by atoms with E-state index in [1.165, 1.54) is 41.8 Å². The van der Waals surface area contributed by atoms with E-state index in [9.17, 15) is 0 Å². The quantitative estimate of drug-likeness (QED) is 0.865. The summed E-state index contributed by atoms with van der Waals surface area (Å²) in [7, 11) is 2.17. The van der Waals surface area contributed by atoms with E-state index in [1.807, 2.05) is 0 Å². The Morgan fingerprint density at radius 2 is 2.29 bits per heavy atom. The number of benzene rings is 1. The van der Waals surface area contributed by atoms with Crippen LogP contribution in [0.4, 0.5) is 5.69 Å². The van der Waals surface area contributed by atoms with Crippen LogP contribution < -0.4 is 10.6 Å². The van der Waals surface area contributed by atoms with Crippen LogP contribution in [0.25, 0.3) is 6.08 Å². The summed E-state index contributed by atoms with van der Waals surface area (Å²) in [5.74, 6) is 0. The molecule has 0 unspecified atom stereocenters. The molecule has 0 radical (unpaired) electrons. The van der Waals surface area contributed by atoms with E-state index < -0.39 is 0 Å². The first-order valence-corrected chi connectivity index (χ1v) is 6.48. The van der Waals surface area contributed by atoms with Gasteiger partial charge in [0, 0.05) is 25.8 Å². The zero-order valence-electron chi connectivity index (χ0n) is 10.9. The van der Waals surface area contributed by atoms with Crippen molar-refractivity contribution in [1.82, 2.24) is 0 Å². The molecule has 0 bridgehead atoms. The first kappa shape index (κ1) is 12.2. The predicted octanol–water partition coefficient (Wildman–Crippen LogP) is 2.82. The summed E-state index contributed by atoms with van der Waals surface area (Å²) in [6, 6.07) is 6.76. The van der Waals surface area contributed by atoms with Gasteiger partial charge in [0.25, 0.3) is 0 Å². The summed E-state index contributed by atoms with van der Waals surface area (Å²) in [5, 5.41) is 0. The third-order valence-corrected chi connectivity index (χ3v) is 3.54. The van der Waals surface area contributed by atoms with Crippen molar-refractivity contribution in [3.05, 3.63) is 34.9 Å². The summed E-state index contributed by atoms with van der Waals surface area (Å²) < 4.78 is 0. The van der Waals surface area contributed by atoms with E-state index in [1.54, 1.807) is 0 Å². The van der Waals surface area contributed by atoms with Gasteiger partial charge in [0.15, 0.2) is 0 Å². The summed E-state index contributed by atoms with van der Waals surface area (Å²) in [6.45, 7) is 3.99. The molecule has 0 aromatic heterocycles. The van der Waals surface area contributed by atoms with Crippen molar-refractivity contribution in [2.45, 2.75) is 26.2 Å². The van der Waals surface area contributed by atoms with Gasteiger partial charge in [-0.2, -0.15) is 0 Å². The molecule has 0 atom stereocenters. The van der Waals surface area contributed by atoms with Crippen LogP contribution in [0.3, 0.4) is 0 Å². The summed E-state index contributed by atoms with van der Waals surface area (Å²) in [5.41, 5.74) is 11.2. The molecule has 0 amide bonds. The van der Waals surface area contributed by atoms with Crippen molar-refractivity contribution in [2.24, 2.45) is 5.73 Å². The van der Waals surface area contributed by atoms with E-state index in [0.717, 1.165) is 6.42 Å². The molecule has 2 nitrogen and oxygen atoms in total. The van der Waals surface area contributed by atoms with Gasteiger partial charge in [-0.25, -0.2) is 0 Å². The normalized spacial score (nSPS) is 15.9. The van der Waals surface area contributed by atoms with Gasteiger partial charge in [-0.15, -0.1) is 0 Å². The van der Waals surface area contributed by atoms with Crippen molar-refractivity contribution < 1.29 is 0 Å². The number of rotatable bonds is 3. The average molecular weight is 230 g/mol. The Bertz CT molecular complexity index is 415. The largest absolute Gasteiger partial charge is 0.374 e. The fourth-order valence-corrected chi connectivity index (χ4v) is 2.44. The number of nitrogens with two attached hydrogens (primary N) is 1. The summed E-state index contributed by atoms with van der Waals surface area (Å²) in [4.78, 5) is 2.34. The monoisotopic (exact) mass is 230 g/mol. The number of hydrogen-bond donors (Lipinski definition) is 1. The van der Waals surface area contributed by atoms with Crippen molar-refractivity contribution in [3.63, 3.8) is 0 Å². The maximum atomic E-state index is 5.71. The van der Waals surface area contributed by atoms with Crippen molar-refractivity contribution in [2.75, 3.05) is 25.0 Å². The van der Waals surface area contributed by atoms with Crippen LogP contribution in [-0.2, 0) is 6.42 Å². The predicted molar refractivity (Wildman–Crippen MR) is 75.4 cm³/mol. The van der Waals surface area contributed by atoms with Crippen LogP contribution in [0.1, 0.15) is 30.9 Å². The first-order chi connectivity index (χ1) is 8.24. The molecule has 0 saturated heterocycles. The molecule has 2 heteroatoms. The molecule has 17 heavy (non-hydrogen) atoms. The fraction of sp³-hybridized carbons (Fsp3) is 0.467. The number of anilines is 1. The Kier molecular flexibility index (Phi) is 3.85. The molecule has 0 aliphatic carbocycles. The number of fused-ring (bicyclic) bond motifs is 1. The Labute approximate surface area is 104 Å². The lowest BCUT2D eigenvalue weighted by molar-refractivity contribution is 0.744. The summed E-state index contributed by atoms with van der Waals surface area (Å²) in [6.07, 6.45) is 5.72. The van der Waals surface area contributed by atoms with Gasteiger partial charge in [0.1, 0.15) is 0 Å². The minimum Gasteiger partial charge on any atom is -0.374 e. The lowest BCUT2D eigenvalue weighted by atomic mass is 9.98. The van der Waals surface area contributed by atoms with Crippen molar-refractivity contribution >= 4 is 11.8 Å². The van der Waals surface area contributed by atoms with Gasteiger partial charge in [-0.05, 0) is 42.5 Å². The van der Waals surface area contributed by atoms with Crippen LogP contribution in [0.2, 0.25) is 0 Å². The summed E-state index contributed by atoms with van der Waals surface area (Å²) >= 11 is 0.